The van der Waals surface area contributed by atoms with Crippen molar-refractivity contribution in [1.82, 2.24) is 15.2 Å². The van der Waals surface area contributed by atoms with Crippen molar-refractivity contribution in [2.45, 2.75) is 39.2 Å². The van der Waals surface area contributed by atoms with E-state index >= 15 is 0 Å². The van der Waals surface area contributed by atoms with Crippen LogP contribution in [-0.4, -0.2) is 74.7 Å². The van der Waals surface area contributed by atoms with E-state index in [4.69, 9.17) is 10.5 Å². The van der Waals surface area contributed by atoms with Crippen molar-refractivity contribution in [2.24, 2.45) is 5.92 Å². The molecular formula is C27H40N6O3. The molecule has 9 nitrogen and oxygen atoms in total. The normalized spacial score (nSPS) is 15.8. The maximum absolute atomic E-state index is 12.3. The summed E-state index contributed by atoms with van der Waals surface area (Å²) in [7, 11) is 3.85. The van der Waals surface area contributed by atoms with E-state index in [1.807, 2.05) is 13.8 Å². The molecule has 0 spiro atoms. The molecule has 1 aliphatic rings. The van der Waals surface area contributed by atoms with Crippen LogP contribution in [0.25, 0.3) is 0 Å². The van der Waals surface area contributed by atoms with Crippen LogP contribution in [0.2, 0.25) is 0 Å². The van der Waals surface area contributed by atoms with Gasteiger partial charge in [-0.2, -0.15) is 0 Å². The molecular weight excluding hydrogens is 456 g/mol. The fraction of sp³-hybridized carbons (Fsp3) is 0.519. The molecule has 1 fully saturated rings. The number of carbonyl (C=O) groups is 2. The lowest BCUT2D eigenvalue weighted by molar-refractivity contribution is -0.136. The zero-order valence-electron chi connectivity index (χ0n) is 21.9. The Labute approximate surface area is 214 Å². The summed E-state index contributed by atoms with van der Waals surface area (Å²) in [6.45, 7) is 8.59. The molecule has 196 valence electrons. The number of nitrogen functional groups attached to an aromatic ring is 1. The van der Waals surface area contributed by atoms with Gasteiger partial charge in [0, 0.05) is 45.5 Å². The predicted molar refractivity (Wildman–Crippen MR) is 144 cm³/mol. The van der Waals surface area contributed by atoms with Crippen LogP contribution in [0.4, 0.5) is 17.2 Å². The van der Waals surface area contributed by atoms with Gasteiger partial charge in [-0.05, 0) is 61.6 Å². The second kappa shape index (κ2) is 13.2. The molecule has 0 bridgehead atoms. The lowest BCUT2D eigenvalue weighted by Crippen LogP contribution is -2.44. The first-order valence-corrected chi connectivity index (χ1v) is 12.7. The van der Waals surface area contributed by atoms with E-state index in [1.165, 1.54) is 17.4 Å². The summed E-state index contributed by atoms with van der Waals surface area (Å²) in [6, 6.07) is 10.5. The summed E-state index contributed by atoms with van der Waals surface area (Å²) >= 11 is 0. The molecule has 36 heavy (non-hydrogen) atoms. The lowest BCUT2D eigenvalue weighted by Gasteiger charge is -2.34. The SMILES string of the molecule is CCc1cc(NC(=O)C(=O)NC[C@H](C)[C@@H](CCc2ccc(N3CCN(C)CC3)cc2)OC)cnc1N. The van der Waals surface area contributed by atoms with Crippen molar-refractivity contribution in [1.29, 1.82) is 0 Å². The Morgan fingerprint density at radius 3 is 2.47 bits per heavy atom. The largest absolute Gasteiger partial charge is 0.383 e. The Balaban J connectivity index is 1.44. The first-order valence-electron chi connectivity index (χ1n) is 12.7. The maximum Gasteiger partial charge on any atom is 0.313 e. The summed E-state index contributed by atoms with van der Waals surface area (Å²) in [5.74, 6) is -0.956. The number of hydrogen-bond acceptors (Lipinski definition) is 7. The third-order valence-electron chi connectivity index (χ3n) is 6.89. The molecule has 4 N–H and O–H groups in total. The predicted octanol–water partition coefficient (Wildman–Crippen LogP) is 2.32. The second-order valence-electron chi connectivity index (χ2n) is 9.53. The van der Waals surface area contributed by atoms with Crippen LogP contribution in [0.3, 0.4) is 0 Å². The molecule has 1 aromatic heterocycles. The Morgan fingerprint density at radius 2 is 1.83 bits per heavy atom. The number of piperazine rings is 1. The second-order valence-corrected chi connectivity index (χ2v) is 9.53. The number of nitrogens with zero attached hydrogens (tertiary/aromatic N) is 3. The maximum atomic E-state index is 12.3. The Hall–Kier alpha value is -3.17. The smallest absolute Gasteiger partial charge is 0.313 e. The number of anilines is 3. The zero-order valence-corrected chi connectivity index (χ0v) is 21.9. The third kappa shape index (κ3) is 7.66. The molecule has 2 atom stereocenters. The van der Waals surface area contributed by atoms with Crippen molar-refractivity contribution >= 4 is 29.0 Å². The van der Waals surface area contributed by atoms with Crippen molar-refractivity contribution in [2.75, 3.05) is 62.8 Å². The number of aryl methyl sites for hydroxylation is 2. The summed E-state index contributed by atoms with van der Waals surface area (Å²) in [5.41, 5.74) is 9.59. The molecule has 3 rings (SSSR count). The molecule has 9 heteroatoms. The Morgan fingerprint density at radius 1 is 1.14 bits per heavy atom. The van der Waals surface area contributed by atoms with Crippen molar-refractivity contribution < 1.29 is 14.3 Å². The number of aromatic nitrogens is 1. The van der Waals surface area contributed by atoms with Crippen LogP contribution in [0, 0.1) is 5.92 Å². The first kappa shape index (κ1) is 27.4. The van der Waals surface area contributed by atoms with Crippen molar-refractivity contribution in [3.8, 4) is 0 Å². The van der Waals surface area contributed by atoms with Gasteiger partial charge in [0.15, 0.2) is 0 Å². The van der Waals surface area contributed by atoms with Gasteiger partial charge in [0.05, 0.1) is 18.0 Å². The topological polar surface area (TPSA) is 113 Å². The van der Waals surface area contributed by atoms with E-state index in [-0.39, 0.29) is 12.0 Å². The van der Waals surface area contributed by atoms with Crippen LogP contribution in [0.15, 0.2) is 36.5 Å². The van der Waals surface area contributed by atoms with Crippen LogP contribution >= 0.6 is 0 Å². The quantitative estimate of drug-likeness (QED) is 0.433. The number of amides is 2. The van der Waals surface area contributed by atoms with E-state index < -0.39 is 11.8 Å². The van der Waals surface area contributed by atoms with E-state index in [1.54, 1.807) is 13.2 Å². The summed E-state index contributed by atoms with van der Waals surface area (Å²) in [5, 5.41) is 5.30. The molecule has 2 aromatic rings. The van der Waals surface area contributed by atoms with Crippen LogP contribution < -0.4 is 21.3 Å². The number of nitrogens with two attached hydrogens (primary N) is 1. The Kier molecular flexibility index (Phi) is 10.1. The lowest BCUT2D eigenvalue weighted by atomic mass is 9.97. The molecule has 0 unspecified atom stereocenters. The van der Waals surface area contributed by atoms with Gasteiger partial charge in [0.1, 0.15) is 5.82 Å². The van der Waals surface area contributed by atoms with Gasteiger partial charge in [0.2, 0.25) is 0 Å². The van der Waals surface area contributed by atoms with Gasteiger partial charge in [-0.15, -0.1) is 0 Å². The van der Waals surface area contributed by atoms with Crippen LogP contribution in [-0.2, 0) is 27.2 Å². The van der Waals surface area contributed by atoms with Gasteiger partial charge >= 0.3 is 11.8 Å². The fourth-order valence-electron chi connectivity index (χ4n) is 4.41. The highest BCUT2D eigenvalue weighted by molar-refractivity contribution is 6.39. The standard InChI is InChI=1S/C27H40N6O3/c1-5-21-16-22(18-29-25(21)28)31-27(35)26(34)30-17-19(2)24(36-4)11-8-20-6-9-23(10-7-20)33-14-12-32(3)13-15-33/h6-7,9-10,16,18-19,24H,5,8,11-15,17H2,1-4H3,(H2,28,29)(H,30,34)(H,31,35)/t19-,24+/m0/s1. The first-order chi connectivity index (χ1) is 17.3. The van der Waals surface area contributed by atoms with E-state index in [9.17, 15) is 9.59 Å². The van der Waals surface area contributed by atoms with Gasteiger partial charge in [0.25, 0.3) is 0 Å². The summed E-state index contributed by atoms with van der Waals surface area (Å²) in [6.07, 6.45) is 3.79. The minimum atomic E-state index is -0.731. The molecule has 2 heterocycles. The number of nitrogens with one attached hydrogen (secondary N) is 2. The number of ether oxygens (including phenoxy) is 1. The number of carbonyl (C=O) groups excluding carboxylic acids is 2. The number of likely N-dealkylation sites (N-methyl/N-ethyl adjacent to an activating group) is 1. The highest BCUT2D eigenvalue weighted by Gasteiger charge is 2.21. The van der Waals surface area contributed by atoms with Gasteiger partial charge in [-0.3, -0.25) is 9.59 Å². The number of benzene rings is 1. The van der Waals surface area contributed by atoms with E-state index in [2.05, 4.69) is 56.7 Å². The molecule has 2 amide bonds. The van der Waals surface area contributed by atoms with E-state index in [0.717, 1.165) is 44.6 Å². The molecule has 1 aromatic carbocycles. The monoisotopic (exact) mass is 496 g/mol. The molecule has 1 aliphatic heterocycles. The fourth-order valence-corrected chi connectivity index (χ4v) is 4.41. The van der Waals surface area contributed by atoms with Gasteiger partial charge in [-0.1, -0.05) is 26.0 Å². The number of methoxy groups -OCH3 is 1. The number of pyridine rings is 1. The van der Waals surface area contributed by atoms with Crippen molar-refractivity contribution in [3.05, 3.63) is 47.7 Å². The van der Waals surface area contributed by atoms with Crippen LogP contribution in [0.1, 0.15) is 31.4 Å². The number of rotatable bonds is 10. The Bertz CT molecular complexity index is 1010. The molecule has 1 saturated heterocycles. The minimum absolute atomic E-state index is 0.0425. The van der Waals surface area contributed by atoms with Crippen LogP contribution in [0.5, 0.6) is 0 Å². The highest BCUT2D eigenvalue weighted by Crippen LogP contribution is 2.20. The molecule has 0 aliphatic carbocycles. The third-order valence-corrected chi connectivity index (χ3v) is 6.89. The van der Waals surface area contributed by atoms with E-state index in [0.29, 0.717) is 24.5 Å². The van der Waals surface area contributed by atoms with Gasteiger partial charge < -0.3 is 30.9 Å². The average Bonchev–Trinajstić information content (AvgIpc) is 2.89. The highest BCUT2D eigenvalue weighted by atomic mass is 16.5. The summed E-state index contributed by atoms with van der Waals surface area (Å²) < 4.78 is 5.70. The minimum Gasteiger partial charge on any atom is -0.383 e. The average molecular weight is 497 g/mol. The molecule has 0 radical (unpaired) electrons. The van der Waals surface area contributed by atoms with Gasteiger partial charge in [-0.25, -0.2) is 4.98 Å². The zero-order chi connectivity index (χ0) is 26.1. The number of hydrogen-bond donors (Lipinski definition) is 3. The molecule has 0 saturated carbocycles. The summed E-state index contributed by atoms with van der Waals surface area (Å²) in [4.78, 5) is 33.5. The van der Waals surface area contributed by atoms with Crippen molar-refractivity contribution in [3.63, 3.8) is 0 Å².